The van der Waals surface area contributed by atoms with Gasteiger partial charge >= 0.3 is 12.2 Å². The van der Waals surface area contributed by atoms with Gasteiger partial charge in [-0.05, 0) is 32.2 Å². The number of pyridine rings is 1. The highest BCUT2D eigenvalue weighted by Crippen LogP contribution is 2.34. The molecule has 13 heteroatoms. The number of anilines is 2. The maximum atomic E-state index is 13.5. The number of nitrogens with zero attached hydrogens (tertiary/aromatic N) is 5. The molecule has 35 heavy (non-hydrogen) atoms. The first-order chi connectivity index (χ1) is 16.5. The zero-order chi connectivity index (χ0) is 25.5. The minimum absolute atomic E-state index is 0.128. The lowest BCUT2D eigenvalue weighted by Crippen LogP contribution is -2.45. The maximum Gasteiger partial charge on any atom is 0.419 e. The predicted octanol–water partition coefficient (Wildman–Crippen LogP) is 3.15. The minimum Gasteiger partial charge on any atom is -0.368 e. The van der Waals surface area contributed by atoms with E-state index < -0.39 is 29.5 Å². The molecular weight excluding hydrogens is 470 g/mol. The molecule has 0 saturated carbocycles. The number of aromatic nitrogens is 3. The topological polar surface area (TPSA) is 95.4 Å². The average Bonchev–Trinajstić information content (AvgIpc) is 3.07. The van der Waals surface area contributed by atoms with Crippen LogP contribution in [0.4, 0.5) is 33.7 Å². The minimum atomic E-state index is -4.94. The monoisotopic (exact) mass is 493 g/mol. The van der Waals surface area contributed by atoms with Gasteiger partial charge in [0.25, 0.3) is 5.91 Å². The van der Waals surface area contributed by atoms with Crippen molar-refractivity contribution in [1.82, 2.24) is 25.0 Å². The van der Waals surface area contributed by atoms with Crippen LogP contribution in [0.15, 0.2) is 24.4 Å². The molecule has 1 fully saturated rings. The normalized spacial score (nSPS) is 14.9. The molecule has 3 heterocycles. The van der Waals surface area contributed by atoms with Crippen LogP contribution in [0.25, 0.3) is 11.0 Å². The Morgan fingerprint density at radius 3 is 2.43 bits per heavy atom. The van der Waals surface area contributed by atoms with Gasteiger partial charge in [0.05, 0.1) is 27.9 Å². The van der Waals surface area contributed by atoms with Gasteiger partial charge in [0.2, 0.25) is 0 Å². The first-order valence-electron chi connectivity index (χ1n) is 10.7. The summed E-state index contributed by atoms with van der Waals surface area (Å²) in [5.74, 6) is -2.25. The van der Waals surface area contributed by atoms with Crippen LogP contribution < -0.4 is 15.5 Å². The zero-order valence-corrected chi connectivity index (χ0v) is 19.2. The Morgan fingerprint density at radius 1 is 1.09 bits per heavy atom. The largest absolute Gasteiger partial charge is 0.419 e. The van der Waals surface area contributed by atoms with Crippen LogP contribution in [-0.4, -0.2) is 64.8 Å². The van der Waals surface area contributed by atoms with Gasteiger partial charge in [0, 0.05) is 45.1 Å². The first kappa shape index (κ1) is 24.4. The van der Waals surface area contributed by atoms with Crippen molar-refractivity contribution in [2.45, 2.75) is 13.1 Å². The molecule has 2 aromatic heterocycles. The van der Waals surface area contributed by atoms with E-state index in [4.69, 9.17) is 0 Å². The number of urea groups is 1. The molecule has 2 N–H and O–H groups in total. The summed E-state index contributed by atoms with van der Waals surface area (Å²) in [6, 6.07) is 0.954. The van der Waals surface area contributed by atoms with Crippen LogP contribution in [0.2, 0.25) is 0 Å². The summed E-state index contributed by atoms with van der Waals surface area (Å²) in [4.78, 5) is 34.0. The summed E-state index contributed by atoms with van der Waals surface area (Å²) in [6.45, 7) is 4.58. The highest BCUT2D eigenvalue weighted by atomic mass is 19.4. The van der Waals surface area contributed by atoms with Gasteiger partial charge in [-0.3, -0.25) is 14.8 Å². The molecule has 1 aliphatic rings. The second kappa shape index (κ2) is 9.13. The highest BCUT2D eigenvalue weighted by Gasteiger charge is 2.34. The summed E-state index contributed by atoms with van der Waals surface area (Å²) in [5.41, 5.74) is 0.0988. The van der Waals surface area contributed by atoms with Gasteiger partial charge < -0.3 is 15.1 Å². The molecule has 0 unspecified atom stereocenters. The lowest BCUT2D eigenvalue weighted by atomic mass is 10.1. The second-order valence-corrected chi connectivity index (χ2v) is 8.32. The Labute approximate surface area is 197 Å². The number of amides is 3. The number of rotatable bonds is 3. The van der Waals surface area contributed by atoms with Crippen molar-refractivity contribution >= 4 is 34.3 Å². The fourth-order valence-corrected chi connectivity index (χ4v) is 4.07. The highest BCUT2D eigenvalue weighted by molar-refractivity contribution is 6.13. The molecule has 1 aromatic carbocycles. The van der Waals surface area contributed by atoms with Crippen molar-refractivity contribution in [1.29, 1.82) is 0 Å². The van der Waals surface area contributed by atoms with Crippen LogP contribution in [0.5, 0.6) is 0 Å². The lowest BCUT2D eigenvalue weighted by molar-refractivity contribution is -0.139. The quantitative estimate of drug-likeness (QED) is 0.545. The zero-order valence-electron chi connectivity index (χ0n) is 19.2. The number of carbonyl (C=O) groups is 2. The fourth-order valence-electron chi connectivity index (χ4n) is 4.07. The van der Waals surface area contributed by atoms with E-state index in [1.165, 1.54) is 6.20 Å². The number of likely N-dealkylation sites (N-methyl/N-ethyl adjacent to an activating group) is 1. The van der Waals surface area contributed by atoms with E-state index >= 15 is 0 Å². The van der Waals surface area contributed by atoms with Crippen molar-refractivity contribution in [2.75, 3.05) is 43.4 Å². The van der Waals surface area contributed by atoms with E-state index in [2.05, 4.69) is 25.6 Å². The number of piperazine rings is 1. The molecule has 0 atom stereocenters. The number of halogens is 4. The predicted molar refractivity (Wildman–Crippen MR) is 121 cm³/mol. The second-order valence-electron chi connectivity index (χ2n) is 8.32. The lowest BCUT2D eigenvalue weighted by Gasteiger charge is -2.35. The standard InChI is InChI=1S/C22H23F4N7O2/c1-12-17-18(33-8-6-31(2)7-9-33)14(11-27-19(17)32(3)30-12)20(34)29-21(35)28-13-4-5-16(23)15(10-13)22(24,25)26/h4-5,10-11H,6-9H2,1-3H3,(H2,28,29,34,35). The average molecular weight is 493 g/mol. The van der Waals surface area contributed by atoms with Gasteiger partial charge in [0.15, 0.2) is 5.65 Å². The van der Waals surface area contributed by atoms with Gasteiger partial charge in [0.1, 0.15) is 5.82 Å². The molecule has 4 rings (SSSR count). The summed E-state index contributed by atoms with van der Waals surface area (Å²) < 4.78 is 54.0. The third-order valence-electron chi connectivity index (χ3n) is 5.82. The summed E-state index contributed by atoms with van der Waals surface area (Å²) in [6.07, 6.45) is -3.59. The molecule has 3 aromatic rings. The molecule has 1 aliphatic heterocycles. The number of carbonyl (C=O) groups excluding carboxylic acids is 2. The van der Waals surface area contributed by atoms with Crippen LogP contribution in [0.3, 0.4) is 0 Å². The number of fused-ring (bicyclic) bond motifs is 1. The molecular formula is C22H23F4N7O2. The molecule has 0 bridgehead atoms. The van der Waals surface area contributed by atoms with Crippen molar-refractivity contribution < 1.29 is 27.2 Å². The molecule has 0 spiro atoms. The van der Waals surface area contributed by atoms with Crippen LogP contribution in [0, 0.1) is 12.7 Å². The third-order valence-corrected chi connectivity index (χ3v) is 5.82. The van der Waals surface area contributed by atoms with E-state index in [0.717, 1.165) is 19.2 Å². The molecule has 0 aliphatic carbocycles. The van der Waals surface area contributed by atoms with Gasteiger partial charge in [-0.25, -0.2) is 14.2 Å². The summed E-state index contributed by atoms with van der Waals surface area (Å²) >= 11 is 0. The van der Waals surface area contributed by atoms with E-state index in [1.54, 1.807) is 18.7 Å². The SMILES string of the molecule is Cc1nn(C)c2ncc(C(=O)NC(=O)Nc3ccc(F)c(C(F)(F)F)c3)c(N3CCN(C)CC3)c12. The Hall–Kier alpha value is -3.74. The number of aryl methyl sites for hydroxylation is 2. The number of imide groups is 1. The number of alkyl halides is 3. The number of hydrogen-bond acceptors (Lipinski definition) is 6. The molecule has 186 valence electrons. The smallest absolute Gasteiger partial charge is 0.368 e. The fraction of sp³-hybridized carbons (Fsp3) is 0.364. The Morgan fingerprint density at radius 2 is 1.77 bits per heavy atom. The van der Waals surface area contributed by atoms with E-state index in [-0.39, 0.29) is 11.3 Å². The Balaban J connectivity index is 1.62. The van der Waals surface area contributed by atoms with Gasteiger partial charge in [-0.1, -0.05) is 0 Å². The number of benzene rings is 1. The van der Waals surface area contributed by atoms with E-state index in [9.17, 15) is 27.2 Å². The number of nitrogens with one attached hydrogen (secondary N) is 2. The number of hydrogen-bond donors (Lipinski definition) is 2. The van der Waals surface area contributed by atoms with Crippen LogP contribution in [-0.2, 0) is 13.2 Å². The maximum absolute atomic E-state index is 13.5. The third kappa shape index (κ3) is 4.90. The van der Waals surface area contributed by atoms with Crippen LogP contribution >= 0.6 is 0 Å². The van der Waals surface area contributed by atoms with Crippen molar-refractivity contribution in [2.24, 2.45) is 7.05 Å². The van der Waals surface area contributed by atoms with Gasteiger partial charge in [-0.2, -0.15) is 18.3 Å². The first-order valence-corrected chi connectivity index (χ1v) is 10.7. The molecule has 1 saturated heterocycles. The summed E-state index contributed by atoms with van der Waals surface area (Å²) in [7, 11) is 3.73. The Kier molecular flexibility index (Phi) is 6.36. The van der Waals surface area contributed by atoms with E-state index in [0.29, 0.717) is 47.6 Å². The summed E-state index contributed by atoms with van der Waals surface area (Å²) in [5, 5.41) is 9.35. The molecule has 9 nitrogen and oxygen atoms in total. The van der Waals surface area contributed by atoms with Crippen LogP contribution in [0.1, 0.15) is 21.6 Å². The molecule has 3 amide bonds. The van der Waals surface area contributed by atoms with Crippen molar-refractivity contribution in [3.63, 3.8) is 0 Å². The van der Waals surface area contributed by atoms with Crippen molar-refractivity contribution in [3.05, 3.63) is 47.0 Å². The van der Waals surface area contributed by atoms with Crippen molar-refractivity contribution in [3.8, 4) is 0 Å². The van der Waals surface area contributed by atoms with E-state index in [1.807, 2.05) is 11.9 Å². The Bertz CT molecular complexity index is 1300. The van der Waals surface area contributed by atoms with Gasteiger partial charge in [-0.15, -0.1) is 0 Å². The molecule has 0 radical (unpaired) electrons.